The summed E-state index contributed by atoms with van der Waals surface area (Å²) >= 11 is 0. The van der Waals surface area contributed by atoms with Crippen molar-refractivity contribution in [3.63, 3.8) is 0 Å². The van der Waals surface area contributed by atoms with Crippen LogP contribution in [0.1, 0.15) is 77.1 Å². The molecule has 8 heteroatoms. The van der Waals surface area contributed by atoms with Crippen LogP contribution in [0.5, 0.6) is 5.75 Å². The monoisotopic (exact) mass is 615 g/mol. The van der Waals surface area contributed by atoms with Crippen LogP contribution in [0.15, 0.2) is 78.9 Å². The van der Waals surface area contributed by atoms with Gasteiger partial charge in [0.15, 0.2) is 0 Å². The maximum atomic E-state index is 14.9. The standard InChI is InChI=1S/C37H49N3O5/c1-25(2)18-19-27(4)40(35(42)32(24-28-15-10-9-11-16-28)39-36(43)45-37(5,6)7)33(31-17-13-12-14-26(31)3)34(41)38-29-20-22-30(44-8)23-21-29/h9-17,20-23,25,27,32-33H,18-19,24H2,1-8H3,(H,38,41)(H,39,43). The zero-order chi connectivity index (χ0) is 33.1. The van der Waals surface area contributed by atoms with E-state index in [1.54, 1.807) is 57.0 Å². The number of alkyl carbamates (subject to hydrolysis) is 1. The quantitative estimate of drug-likeness (QED) is 0.208. The lowest BCUT2D eigenvalue weighted by molar-refractivity contribution is -0.143. The topological polar surface area (TPSA) is 97.0 Å². The first-order chi connectivity index (χ1) is 21.3. The number of hydrogen-bond acceptors (Lipinski definition) is 5. The zero-order valence-corrected chi connectivity index (χ0v) is 27.9. The lowest BCUT2D eigenvalue weighted by Crippen LogP contribution is -2.55. The van der Waals surface area contributed by atoms with E-state index in [0.717, 1.165) is 17.5 Å². The van der Waals surface area contributed by atoms with Gasteiger partial charge in [-0.25, -0.2) is 4.79 Å². The van der Waals surface area contributed by atoms with E-state index in [9.17, 15) is 14.4 Å². The minimum absolute atomic E-state index is 0.229. The van der Waals surface area contributed by atoms with Crippen LogP contribution < -0.4 is 15.4 Å². The smallest absolute Gasteiger partial charge is 0.408 e. The van der Waals surface area contributed by atoms with E-state index in [0.29, 0.717) is 29.3 Å². The predicted octanol–water partition coefficient (Wildman–Crippen LogP) is 7.47. The summed E-state index contributed by atoms with van der Waals surface area (Å²) in [6, 6.07) is 21.9. The molecule has 242 valence electrons. The third kappa shape index (κ3) is 10.7. The number of aryl methyl sites for hydroxylation is 1. The number of nitrogens with zero attached hydrogens (tertiary/aromatic N) is 1. The molecular weight excluding hydrogens is 566 g/mol. The molecule has 0 saturated heterocycles. The third-order valence-electron chi connectivity index (χ3n) is 7.53. The summed E-state index contributed by atoms with van der Waals surface area (Å²) in [5.41, 5.74) is 2.28. The van der Waals surface area contributed by atoms with E-state index in [1.165, 1.54) is 0 Å². The zero-order valence-electron chi connectivity index (χ0n) is 27.9. The summed E-state index contributed by atoms with van der Waals surface area (Å²) in [4.78, 5) is 44.0. The molecule has 45 heavy (non-hydrogen) atoms. The summed E-state index contributed by atoms with van der Waals surface area (Å²) in [5, 5.41) is 5.88. The number of benzene rings is 3. The lowest BCUT2D eigenvalue weighted by atomic mass is 9.94. The Labute approximate surface area is 268 Å². The first kappa shape index (κ1) is 35.2. The number of carbonyl (C=O) groups is 3. The molecule has 0 fully saturated rings. The Balaban J connectivity index is 2.12. The second-order valence-electron chi connectivity index (χ2n) is 12.9. The first-order valence-electron chi connectivity index (χ1n) is 15.6. The van der Waals surface area contributed by atoms with E-state index in [1.807, 2.05) is 68.4 Å². The largest absolute Gasteiger partial charge is 0.497 e. The number of carbonyl (C=O) groups excluding carboxylic acids is 3. The maximum absolute atomic E-state index is 14.9. The predicted molar refractivity (Wildman–Crippen MR) is 179 cm³/mol. The Morgan fingerprint density at radius 3 is 2.04 bits per heavy atom. The molecule has 0 aliphatic carbocycles. The molecule has 3 rings (SSSR count). The van der Waals surface area contributed by atoms with Crippen molar-refractivity contribution in [1.82, 2.24) is 10.2 Å². The van der Waals surface area contributed by atoms with Gasteiger partial charge in [0, 0.05) is 18.2 Å². The Hall–Kier alpha value is -4.33. The van der Waals surface area contributed by atoms with E-state index in [-0.39, 0.29) is 24.3 Å². The van der Waals surface area contributed by atoms with E-state index in [4.69, 9.17) is 9.47 Å². The van der Waals surface area contributed by atoms with Crippen LogP contribution in [0.3, 0.4) is 0 Å². The van der Waals surface area contributed by atoms with E-state index < -0.39 is 23.8 Å². The van der Waals surface area contributed by atoms with Gasteiger partial charge in [0.05, 0.1) is 7.11 Å². The Bertz CT molecular complexity index is 1400. The lowest BCUT2D eigenvalue weighted by Gasteiger charge is -2.39. The van der Waals surface area contributed by atoms with Crippen LogP contribution in [0.2, 0.25) is 0 Å². The number of rotatable bonds is 13. The van der Waals surface area contributed by atoms with Crippen LogP contribution in [-0.4, -0.2) is 47.6 Å². The number of nitrogens with one attached hydrogen (secondary N) is 2. The molecule has 3 unspecified atom stereocenters. The summed E-state index contributed by atoms with van der Waals surface area (Å²) in [5.74, 6) is 0.350. The average molecular weight is 616 g/mol. The highest BCUT2D eigenvalue weighted by atomic mass is 16.6. The van der Waals surface area contributed by atoms with Gasteiger partial charge in [-0.2, -0.15) is 0 Å². The van der Waals surface area contributed by atoms with Crippen molar-refractivity contribution < 1.29 is 23.9 Å². The van der Waals surface area contributed by atoms with Crippen molar-refractivity contribution in [3.05, 3.63) is 95.6 Å². The average Bonchev–Trinajstić information content (AvgIpc) is 2.98. The van der Waals surface area contributed by atoms with Crippen molar-refractivity contribution in [1.29, 1.82) is 0 Å². The fourth-order valence-electron chi connectivity index (χ4n) is 5.19. The highest BCUT2D eigenvalue weighted by molar-refractivity contribution is 5.99. The summed E-state index contributed by atoms with van der Waals surface area (Å²) in [6.07, 6.45) is 1.06. The van der Waals surface area contributed by atoms with Gasteiger partial charge < -0.3 is 25.0 Å². The molecule has 0 aromatic heterocycles. The number of anilines is 1. The summed E-state index contributed by atoms with van der Waals surface area (Å²) in [6.45, 7) is 13.5. The van der Waals surface area contributed by atoms with E-state index in [2.05, 4.69) is 24.5 Å². The van der Waals surface area contributed by atoms with Crippen LogP contribution >= 0.6 is 0 Å². The highest BCUT2D eigenvalue weighted by Crippen LogP contribution is 2.31. The van der Waals surface area contributed by atoms with Crippen LogP contribution in [0, 0.1) is 12.8 Å². The second kappa shape index (κ2) is 16.1. The molecule has 3 atom stereocenters. The SMILES string of the molecule is COc1ccc(NC(=O)C(c2ccccc2C)N(C(=O)C(Cc2ccccc2)NC(=O)OC(C)(C)C)C(C)CCC(C)C)cc1. The van der Waals surface area contributed by atoms with Crippen molar-refractivity contribution in [3.8, 4) is 5.75 Å². The molecule has 0 saturated carbocycles. The molecule has 3 amide bonds. The molecule has 2 N–H and O–H groups in total. The van der Waals surface area contributed by atoms with Crippen LogP contribution in [0.25, 0.3) is 0 Å². The van der Waals surface area contributed by atoms with Crippen LogP contribution in [-0.2, 0) is 20.7 Å². The number of amides is 3. The minimum atomic E-state index is -0.982. The minimum Gasteiger partial charge on any atom is -0.497 e. The fourth-order valence-corrected chi connectivity index (χ4v) is 5.19. The number of ether oxygens (including phenoxy) is 2. The summed E-state index contributed by atoms with van der Waals surface area (Å²) in [7, 11) is 1.58. The second-order valence-corrected chi connectivity index (χ2v) is 12.9. The fraction of sp³-hybridized carbons (Fsp3) is 0.432. The maximum Gasteiger partial charge on any atom is 0.408 e. The van der Waals surface area contributed by atoms with Gasteiger partial charge in [0.25, 0.3) is 5.91 Å². The molecule has 8 nitrogen and oxygen atoms in total. The van der Waals surface area contributed by atoms with Crippen LogP contribution in [0.4, 0.5) is 10.5 Å². The third-order valence-corrected chi connectivity index (χ3v) is 7.53. The number of hydrogen-bond donors (Lipinski definition) is 2. The van der Waals surface area contributed by atoms with Gasteiger partial charge in [0.1, 0.15) is 23.4 Å². The Morgan fingerprint density at radius 2 is 1.47 bits per heavy atom. The molecule has 0 radical (unpaired) electrons. The molecule has 0 spiro atoms. The molecule has 0 aliphatic rings. The molecule has 0 heterocycles. The Kier molecular flexibility index (Phi) is 12.6. The normalized spacial score (nSPS) is 13.4. The Morgan fingerprint density at radius 1 is 0.844 bits per heavy atom. The van der Waals surface area contributed by atoms with Gasteiger partial charge in [0.2, 0.25) is 5.91 Å². The van der Waals surface area contributed by atoms with Gasteiger partial charge in [-0.15, -0.1) is 0 Å². The molecule has 0 aliphatic heterocycles. The van der Waals surface area contributed by atoms with Gasteiger partial charge >= 0.3 is 6.09 Å². The van der Waals surface area contributed by atoms with Gasteiger partial charge in [-0.05, 0) is 94.3 Å². The van der Waals surface area contributed by atoms with Gasteiger partial charge in [-0.1, -0.05) is 68.4 Å². The first-order valence-corrected chi connectivity index (χ1v) is 15.6. The molecule has 3 aromatic rings. The number of methoxy groups -OCH3 is 1. The van der Waals surface area contributed by atoms with Crippen molar-refractivity contribution >= 4 is 23.6 Å². The van der Waals surface area contributed by atoms with Crippen molar-refractivity contribution in [2.24, 2.45) is 5.92 Å². The van der Waals surface area contributed by atoms with E-state index >= 15 is 0 Å². The summed E-state index contributed by atoms with van der Waals surface area (Å²) < 4.78 is 10.9. The molecule has 0 bridgehead atoms. The highest BCUT2D eigenvalue weighted by Gasteiger charge is 2.39. The molecular formula is C37H49N3O5. The van der Waals surface area contributed by atoms with Crippen molar-refractivity contribution in [2.75, 3.05) is 12.4 Å². The molecule has 3 aromatic carbocycles. The van der Waals surface area contributed by atoms with Gasteiger partial charge in [-0.3, -0.25) is 9.59 Å². The van der Waals surface area contributed by atoms with Crippen molar-refractivity contribution in [2.45, 2.75) is 91.5 Å².